The van der Waals surface area contributed by atoms with Gasteiger partial charge in [-0.3, -0.25) is 0 Å². The van der Waals surface area contributed by atoms with Crippen molar-refractivity contribution in [2.75, 3.05) is 0 Å². The summed E-state index contributed by atoms with van der Waals surface area (Å²) in [4.78, 5) is 0. The maximum absolute atomic E-state index is 11.8. The van der Waals surface area contributed by atoms with E-state index in [1.54, 1.807) is 0 Å². The van der Waals surface area contributed by atoms with Gasteiger partial charge in [0, 0.05) is 0 Å². The van der Waals surface area contributed by atoms with Crippen LogP contribution < -0.4 is 0 Å². The molecule has 6 rings (SSSR count). The topological polar surface area (TPSA) is 0 Å². The summed E-state index contributed by atoms with van der Waals surface area (Å²) in [7, 11) is 10.3. The predicted octanol–water partition coefficient (Wildman–Crippen LogP) is 14.7. The van der Waals surface area contributed by atoms with Gasteiger partial charge >= 0.3 is 52.5 Å². The van der Waals surface area contributed by atoms with Crippen molar-refractivity contribution >= 4 is 42.8 Å². The zero-order valence-electron chi connectivity index (χ0n) is 30.6. The van der Waals surface area contributed by atoms with Gasteiger partial charge in [0.05, 0.1) is 0 Å². The van der Waals surface area contributed by atoms with Gasteiger partial charge < -0.3 is 0 Å². The summed E-state index contributed by atoms with van der Waals surface area (Å²) < 4.78 is 74.0. The van der Waals surface area contributed by atoms with Gasteiger partial charge in [-0.2, -0.15) is 105 Å². The van der Waals surface area contributed by atoms with E-state index in [1.807, 2.05) is 30.3 Å². The van der Waals surface area contributed by atoms with Gasteiger partial charge in [0.25, 0.3) is 0 Å². The first-order chi connectivity index (χ1) is 23.9. The Hall–Kier alpha value is -2.99. The van der Waals surface area contributed by atoms with Gasteiger partial charge in [0.2, 0.25) is 0 Å². The van der Waals surface area contributed by atoms with Crippen molar-refractivity contribution in [3.8, 4) is 0 Å². The van der Waals surface area contributed by atoms with Crippen LogP contribution in [0.1, 0.15) is 74.9 Å². The van der Waals surface area contributed by atoms with Gasteiger partial charge in [-0.1, -0.05) is 87.1 Å². The van der Waals surface area contributed by atoms with E-state index in [9.17, 15) is 26.3 Å². The third kappa shape index (κ3) is 14.8. The molecule has 0 aliphatic rings. The van der Waals surface area contributed by atoms with Crippen LogP contribution in [-0.2, 0) is 42.1 Å². The van der Waals surface area contributed by atoms with Crippen LogP contribution in [-0.4, -0.2) is 4.21 Å². The molecule has 0 saturated heterocycles. The number of halogens is 8. The van der Waals surface area contributed by atoms with Gasteiger partial charge in [0.1, 0.15) is 0 Å². The first-order valence-corrected chi connectivity index (χ1v) is 24.4. The van der Waals surface area contributed by atoms with Gasteiger partial charge in [-0.05, 0) is 24.7 Å². The molecule has 6 aromatic rings. The molecule has 0 atom stereocenters. The van der Waals surface area contributed by atoms with Crippen LogP contribution in [0.5, 0.6) is 0 Å². The second kappa shape index (κ2) is 19.4. The van der Waals surface area contributed by atoms with Gasteiger partial charge in [0.15, 0.2) is 0 Å². The fraction of sp³-hybridized carbons (Fsp3) is 0.279. The molecule has 0 heterocycles. The molecule has 280 valence electrons. The second-order valence-electron chi connectivity index (χ2n) is 14.0. The molecule has 0 saturated carbocycles. The average molecular weight is 837 g/mol. The van der Waals surface area contributed by atoms with E-state index in [4.69, 9.17) is 17.0 Å². The molecule has 0 N–H and O–H groups in total. The Labute approximate surface area is 319 Å². The molecule has 9 heteroatoms. The maximum atomic E-state index is 11.8. The van der Waals surface area contributed by atoms with Crippen LogP contribution in [0, 0.1) is 26.0 Å². The molecule has 0 unspecified atom stereocenters. The van der Waals surface area contributed by atoms with Crippen molar-refractivity contribution in [3.63, 3.8) is 0 Å². The smallest absolute Gasteiger partial charge is 0.172 e. The Balaban J connectivity index is 0.000000266. The predicted molar refractivity (Wildman–Crippen MR) is 205 cm³/mol. The Morgan fingerprint density at radius 2 is 0.904 bits per heavy atom. The number of benzene rings is 4. The van der Waals surface area contributed by atoms with Crippen molar-refractivity contribution in [3.05, 3.63) is 155 Å². The van der Waals surface area contributed by atoms with Crippen molar-refractivity contribution < 1.29 is 45.2 Å². The fourth-order valence-corrected chi connectivity index (χ4v) is 5.42. The average Bonchev–Trinajstić information content (AvgIpc) is 3.71. The zero-order chi connectivity index (χ0) is 39.5. The van der Waals surface area contributed by atoms with Crippen molar-refractivity contribution in [2.45, 2.75) is 78.6 Å². The monoisotopic (exact) mass is 834 g/mol. The Kier molecular flexibility index (Phi) is 16.8. The maximum Gasteiger partial charge on any atom is -0.172 e. The molecule has 0 radical (unpaired) electrons. The van der Waals surface area contributed by atoms with Crippen LogP contribution in [0.15, 0.2) is 109 Å². The standard InChI is InChI=1S/C23H29.2C7H4F3.C5H5.CH2.2ClH.Zr/c1-14-9-16-11-17-10-15(2)21(23(6,7)8)13-19(17)18(16)12-20(14)22(3,4)5;2*8-7(9,10)6-4-2-1-3-5-6;1-2-4-5-3-1;;;;/h9-13H,1-8H3;2*2-5H;1-5H;1H2;2*1H;/q4*-1;;;;+2/p-2. The second-order valence-corrected chi connectivity index (χ2v) is 22.2. The number of hydrogen-bond acceptors (Lipinski definition) is 0. The molecule has 52 heavy (non-hydrogen) atoms. The summed E-state index contributed by atoms with van der Waals surface area (Å²) in [6.07, 6.45) is -8.45. The molecule has 0 fully saturated rings. The summed E-state index contributed by atoms with van der Waals surface area (Å²) in [6.45, 7) is 18.3. The Bertz CT molecular complexity index is 1810. The normalized spacial score (nSPS) is 11.5. The van der Waals surface area contributed by atoms with Crippen molar-refractivity contribution in [1.29, 1.82) is 0 Å². The van der Waals surface area contributed by atoms with Crippen molar-refractivity contribution in [1.82, 2.24) is 0 Å². The van der Waals surface area contributed by atoms with Crippen LogP contribution in [0.25, 0.3) is 21.5 Å². The summed E-state index contributed by atoms with van der Waals surface area (Å²) >= 11 is -1.85. The molecule has 0 spiro atoms. The fourth-order valence-electron chi connectivity index (χ4n) is 5.42. The zero-order valence-corrected chi connectivity index (χ0v) is 34.6. The van der Waals surface area contributed by atoms with E-state index in [0.717, 1.165) is 24.3 Å². The molecular weight excluding hydrogens is 793 g/mol. The largest absolute Gasteiger partial charge is 0.214 e. The van der Waals surface area contributed by atoms with E-state index in [2.05, 4.69) is 102 Å². The molecule has 0 bridgehead atoms. The number of rotatable bonds is 0. The van der Waals surface area contributed by atoms with E-state index >= 15 is 0 Å². The summed E-state index contributed by atoms with van der Waals surface area (Å²) in [6, 6.07) is 35.8. The number of alkyl halides is 6. The van der Waals surface area contributed by atoms with Crippen molar-refractivity contribution in [2.24, 2.45) is 0 Å². The molecule has 0 amide bonds. The summed E-state index contributed by atoms with van der Waals surface area (Å²) in [5.74, 6) is 0. The first-order valence-electron chi connectivity index (χ1n) is 16.3. The molecular formula is C43H44Cl2F6Zr-4. The number of hydrogen-bond donors (Lipinski definition) is 0. The quantitative estimate of drug-likeness (QED) is 0.106. The molecule has 0 nitrogen and oxygen atoms in total. The van der Waals surface area contributed by atoms with Crippen LogP contribution in [0.3, 0.4) is 0 Å². The van der Waals surface area contributed by atoms with E-state index in [-0.39, 0.29) is 10.8 Å². The minimum absolute atomic E-state index is 0.180. The van der Waals surface area contributed by atoms with Crippen LogP contribution >= 0.6 is 17.0 Å². The molecule has 0 aliphatic heterocycles. The summed E-state index contributed by atoms with van der Waals surface area (Å²) in [5, 5.41) is 5.55. The van der Waals surface area contributed by atoms with Gasteiger partial charge in [-0.15, -0.1) is 39.7 Å². The Morgan fingerprint density at radius 3 is 1.12 bits per heavy atom. The number of aryl methyl sites for hydroxylation is 2. The minimum Gasteiger partial charge on any atom is -0.214 e. The van der Waals surface area contributed by atoms with Gasteiger partial charge in [-0.25, -0.2) is 12.1 Å². The molecule has 0 aromatic heterocycles. The van der Waals surface area contributed by atoms with Crippen LogP contribution in [0.2, 0.25) is 0 Å². The minimum atomic E-state index is -4.23. The molecule has 6 aromatic carbocycles. The third-order valence-electron chi connectivity index (χ3n) is 7.66. The Morgan fingerprint density at radius 1 is 0.596 bits per heavy atom. The third-order valence-corrected chi connectivity index (χ3v) is 7.66. The van der Waals surface area contributed by atoms with Crippen LogP contribution in [0.4, 0.5) is 26.3 Å². The molecule has 0 aliphatic carbocycles. The van der Waals surface area contributed by atoms with E-state index < -0.39 is 42.4 Å². The van der Waals surface area contributed by atoms with E-state index in [1.165, 1.54) is 68.1 Å². The van der Waals surface area contributed by atoms with E-state index in [0.29, 0.717) is 0 Å². The SMILES string of the molecule is Cc1cc2[cH-]c3cc(C)c(C(C)(C)C)cc3c2cc1C(C)(C)C.FC(F)(F)c1cc[c-]cc1.FC(F)(F)c1cc[c-]cc1.[CH2]=[Zr]([Cl])[Cl].c1cc[cH-]c1. The number of fused-ring (bicyclic) bond motifs is 3. The summed E-state index contributed by atoms with van der Waals surface area (Å²) in [5.41, 5.74) is 4.79. The first kappa shape index (κ1) is 45.2.